The smallest absolute Gasteiger partial charge is 0.227 e. The summed E-state index contributed by atoms with van der Waals surface area (Å²) in [5.41, 5.74) is 5.29. The zero-order chi connectivity index (χ0) is 20.9. The standard InChI is InChI=1S/C25H31N3O2/c1-3-4-14-26-23-16-19-15-21(30-2)12-13-22(19)24(28-23)17-8-10-20(11-9-17)27-25(29)18-6-5-7-18/h8-13,15,18,23,26H,3-7,14,16H2,1-2H3,(H,27,29)/t23-/m1/s1. The first-order chi connectivity index (χ1) is 14.7. The van der Waals surface area contributed by atoms with E-state index in [1.54, 1.807) is 7.11 Å². The van der Waals surface area contributed by atoms with Gasteiger partial charge >= 0.3 is 0 Å². The second kappa shape index (κ2) is 9.43. The van der Waals surface area contributed by atoms with Gasteiger partial charge in [0.1, 0.15) is 11.9 Å². The molecule has 0 aromatic heterocycles. The van der Waals surface area contributed by atoms with Gasteiger partial charge in [-0.25, -0.2) is 0 Å². The maximum atomic E-state index is 12.2. The molecule has 5 nitrogen and oxygen atoms in total. The molecule has 30 heavy (non-hydrogen) atoms. The summed E-state index contributed by atoms with van der Waals surface area (Å²) >= 11 is 0. The van der Waals surface area contributed by atoms with Crippen LogP contribution >= 0.6 is 0 Å². The van der Waals surface area contributed by atoms with E-state index < -0.39 is 0 Å². The number of ether oxygens (including phenoxy) is 1. The molecule has 5 heteroatoms. The van der Waals surface area contributed by atoms with Crippen molar-refractivity contribution in [1.29, 1.82) is 0 Å². The van der Waals surface area contributed by atoms with Gasteiger partial charge in [0.2, 0.25) is 5.91 Å². The molecule has 1 amide bonds. The number of hydrogen-bond acceptors (Lipinski definition) is 4. The monoisotopic (exact) mass is 405 g/mol. The normalized spacial score (nSPS) is 18.2. The fourth-order valence-electron chi connectivity index (χ4n) is 4.00. The summed E-state index contributed by atoms with van der Waals surface area (Å²) in [6.45, 7) is 3.16. The number of carbonyl (C=O) groups excluding carboxylic acids is 1. The highest BCUT2D eigenvalue weighted by Gasteiger charge is 2.25. The van der Waals surface area contributed by atoms with Crippen molar-refractivity contribution in [2.45, 2.75) is 51.6 Å². The lowest BCUT2D eigenvalue weighted by atomic mass is 9.85. The summed E-state index contributed by atoms with van der Waals surface area (Å²) in [7, 11) is 1.70. The molecule has 0 bridgehead atoms. The van der Waals surface area contributed by atoms with E-state index in [0.29, 0.717) is 0 Å². The molecule has 1 aliphatic carbocycles. The molecule has 4 rings (SSSR count). The molecule has 0 radical (unpaired) electrons. The first kappa shape index (κ1) is 20.6. The predicted molar refractivity (Wildman–Crippen MR) is 121 cm³/mol. The van der Waals surface area contributed by atoms with Gasteiger partial charge in [0, 0.05) is 29.2 Å². The minimum absolute atomic E-state index is 0.0594. The molecule has 0 spiro atoms. The van der Waals surface area contributed by atoms with E-state index in [9.17, 15) is 4.79 Å². The summed E-state index contributed by atoms with van der Waals surface area (Å²) < 4.78 is 5.44. The Hall–Kier alpha value is -2.66. The van der Waals surface area contributed by atoms with Crippen molar-refractivity contribution in [3.8, 4) is 5.75 Å². The summed E-state index contributed by atoms with van der Waals surface area (Å²) in [5, 5.41) is 6.62. The second-order valence-electron chi connectivity index (χ2n) is 8.22. The third-order valence-electron chi connectivity index (χ3n) is 6.08. The van der Waals surface area contributed by atoms with Crippen LogP contribution in [0.5, 0.6) is 5.75 Å². The lowest BCUT2D eigenvalue weighted by molar-refractivity contribution is -0.122. The second-order valence-corrected chi connectivity index (χ2v) is 8.22. The van der Waals surface area contributed by atoms with E-state index in [1.165, 1.54) is 5.56 Å². The predicted octanol–water partition coefficient (Wildman–Crippen LogP) is 4.54. The Morgan fingerprint density at radius 2 is 1.97 bits per heavy atom. The number of unbranched alkanes of at least 4 members (excludes halogenated alkanes) is 1. The highest BCUT2D eigenvalue weighted by molar-refractivity contribution is 6.14. The molecule has 1 fully saturated rings. The molecule has 0 saturated heterocycles. The fourth-order valence-corrected chi connectivity index (χ4v) is 4.00. The largest absolute Gasteiger partial charge is 0.497 e. The Morgan fingerprint density at radius 3 is 2.63 bits per heavy atom. The van der Waals surface area contributed by atoms with Crippen molar-refractivity contribution < 1.29 is 9.53 Å². The number of nitrogens with zero attached hydrogens (tertiary/aromatic N) is 1. The zero-order valence-corrected chi connectivity index (χ0v) is 17.9. The van der Waals surface area contributed by atoms with Crippen molar-refractivity contribution in [2.75, 3.05) is 19.0 Å². The third-order valence-corrected chi connectivity index (χ3v) is 6.08. The molecule has 2 aliphatic rings. The van der Waals surface area contributed by atoms with E-state index in [1.807, 2.05) is 18.2 Å². The van der Waals surface area contributed by atoms with Gasteiger partial charge in [-0.05, 0) is 61.7 Å². The molecule has 1 saturated carbocycles. The number of aliphatic imine (C=N–C) groups is 1. The molecule has 0 unspecified atom stereocenters. The van der Waals surface area contributed by atoms with Crippen molar-refractivity contribution >= 4 is 17.3 Å². The number of fused-ring (bicyclic) bond motifs is 1. The molecular formula is C25H31N3O2. The summed E-state index contributed by atoms with van der Waals surface area (Å²) in [5.74, 6) is 1.20. The number of rotatable bonds is 8. The molecule has 1 aliphatic heterocycles. The number of anilines is 1. The highest BCUT2D eigenvalue weighted by Crippen LogP contribution is 2.29. The van der Waals surface area contributed by atoms with Crippen LogP contribution in [0.2, 0.25) is 0 Å². The van der Waals surface area contributed by atoms with Crippen LogP contribution < -0.4 is 15.4 Å². The number of carbonyl (C=O) groups is 1. The Morgan fingerprint density at radius 1 is 1.17 bits per heavy atom. The molecule has 1 atom stereocenters. The van der Waals surface area contributed by atoms with Gasteiger partial charge in [-0.2, -0.15) is 0 Å². The first-order valence-corrected chi connectivity index (χ1v) is 11.1. The maximum Gasteiger partial charge on any atom is 0.227 e. The first-order valence-electron chi connectivity index (χ1n) is 11.1. The molecule has 2 aromatic carbocycles. The highest BCUT2D eigenvalue weighted by atomic mass is 16.5. The van der Waals surface area contributed by atoms with Crippen LogP contribution in [0.25, 0.3) is 0 Å². The molecule has 158 valence electrons. The van der Waals surface area contributed by atoms with Gasteiger partial charge in [-0.3, -0.25) is 15.1 Å². The van der Waals surface area contributed by atoms with Gasteiger partial charge in [0.25, 0.3) is 0 Å². The van der Waals surface area contributed by atoms with Crippen LogP contribution in [0.4, 0.5) is 5.69 Å². The van der Waals surface area contributed by atoms with Crippen LogP contribution in [0.3, 0.4) is 0 Å². The van der Waals surface area contributed by atoms with Gasteiger partial charge in [0.05, 0.1) is 12.8 Å². The Kier molecular flexibility index (Phi) is 6.48. The van der Waals surface area contributed by atoms with E-state index in [0.717, 1.165) is 73.3 Å². The number of benzene rings is 2. The van der Waals surface area contributed by atoms with E-state index in [-0.39, 0.29) is 18.0 Å². The molecule has 1 heterocycles. The number of nitrogens with one attached hydrogen (secondary N) is 2. The Labute approximate surface area is 178 Å². The van der Waals surface area contributed by atoms with Crippen molar-refractivity contribution in [3.05, 3.63) is 59.2 Å². The van der Waals surface area contributed by atoms with Crippen molar-refractivity contribution in [3.63, 3.8) is 0 Å². The van der Waals surface area contributed by atoms with Gasteiger partial charge in [0.15, 0.2) is 0 Å². The minimum atomic E-state index is 0.0594. The summed E-state index contributed by atoms with van der Waals surface area (Å²) in [6.07, 6.45) is 6.39. The average Bonchev–Trinajstić information content (AvgIpc) is 2.72. The minimum Gasteiger partial charge on any atom is -0.497 e. The molecular weight excluding hydrogens is 374 g/mol. The zero-order valence-electron chi connectivity index (χ0n) is 17.9. The van der Waals surface area contributed by atoms with Crippen LogP contribution in [-0.2, 0) is 11.2 Å². The topological polar surface area (TPSA) is 62.7 Å². The lowest BCUT2D eigenvalue weighted by Gasteiger charge is -2.25. The van der Waals surface area contributed by atoms with Crippen LogP contribution in [0, 0.1) is 5.92 Å². The number of amides is 1. The number of methoxy groups -OCH3 is 1. The van der Waals surface area contributed by atoms with Gasteiger partial charge in [-0.15, -0.1) is 0 Å². The Balaban J connectivity index is 1.57. The summed E-state index contributed by atoms with van der Waals surface area (Å²) in [6, 6.07) is 14.3. The third kappa shape index (κ3) is 4.57. The Bertz CT molecular complexity index is 916. The SMILES string of the molecule is CCCCN[C@H]1Cc2cc(OC)ccc2C(c2ccc(NC(=O)C3CCC3)cc2)=N1. The van der Waals surface area contributed by atoms with Crippen molar-refractivity contribution in [1.82, 2.24) is 5.32 Å². The lowest BCUT2D eigenvalue weighted by Crippen LogP contribution is -2.35. The van der Waals surface area contributed by atoms with Gasteiger partial charge < -0.3 is 10.1 Å². The fraction of sp³-hybridized carbons (Fsp3) is 0.440. The summed E-state index contributed by atoms with van der Waals surface area (Å²) in [4.78, 5) is 17.3. The average molecular weight is 406 g/mol. The van der Waals surface area contributed by atoms with E-state index in [4.69, 9.17) is 9.73 Å². The number of hydrogen-bond donors (Lipinski definition) is 2. The van der Waals surface area contributed by atoms with Gasteiger partial charge in [-0.1, -0.05) is 31.9 Å². The quantitative estimate of drug-likeness (QED) is 0.634. The molecule has 2 aromatic rings. The van der Waals surface area contributed by atoms with Crippen molar-refractivity contribution in [2.24, 2.45) is 10.9 Å². The van der Waals surface area contributed by atoms with Crippen LogP contribution in [0.1, 0.15) is 55.7 Å². The molecule has 2 N–H and O–H groups in total. The van der Waals surface area contributed by atoms with E-state index >= 15 is 0 Å². The van der Waals surface area contributed by atoms with Crippen LogP contribution in [0.15, 0.2) is 47.5 Å². The maximum absolute atomic E-state index is 12.2. The van der Waals surface area contributed by atoms with Crippen LogP contribution in [-0.4, -0.2) is 31.4 Å². The van der Waals surface area contributed by atoms with E-state index in [2.05, 4.69) is 41.8 Å².